The van der Waals surface area contributed by atoms with Gasteiger partial charge in [0, 0.05) is 13.1 Å². The monoisotopic (exact) mass is 191 g/mol. The van der Waals surface area contributed by atoms with Crippen molar-refractivity contribution in [2.45, 2.75) is 18.9 Å². The molecule has 2 fully saturated rings. The molecule has 0 bridgehead atoms. The molecule has 1 aliphatic carbocycles. The molecule has 2 nitrogen and oxygen atoms in total. The Kier molecular flexibility index (Phi) is 3.23. The van der Waals surface area contributed by atoms with E-state index >= 15 is 0 Å². The van der Waals surface area contributed by atoms with Gasteiger partial charge in [0.1, 0.15) is 0 Å². The molecule has 0 N–H and O–H groups in total. The quantitative estimate of drug-likeness (QED) is 0.492. The van der Waals surface area contributed by atoms with Crippen molar-refractivity contribution in [1.82, 2.24) is 4.90 Å². The Bertz CT molecular complexity index is 244. The first-order valence-electron chi connectivity index (χ1n) is 5.36. The van der Waals surface area contributed by atoms with Gasteiger partial charge in [-0.25, -0.2) is 0 Å². The summed E-state index contributed by atoms with van der Waals surface area (Å²) in [5, 5.41) is 0. The Hall–Kier alpha value is -0.780. The van der Waals surface area contributed by atoms with Crippen LogP contribution in [0.4, 0.5) is 0 Å². The molecule has 14 heavy (non-hydrogen) atoms. The van der Waals surface area contributed by atoms with Gasteiger partial charge in [-0.15, -0.1) is 6.42 Å². The molecule has 76 valence electrons. The van der Waals surface area contributed by atoms with Crippen molar-refractivity contribution in [2.75, 3.05) is 26.3 Å². The van der Waals surface area contributed by atoms with Gasteiger partial charge in [-0.2, -0.15) is 0 Å². The average Bonchev–Trinajstić information content (AvgIpc) is 3.04. The highest BCUT2D eigenvalue weighted by Gasteiger charge is 2.20. The van der Waals surface area contributed by atoms with E-state index in [4.69, 9.17) is 11.2 Å². The summed E-state index contributed by atoms with van der Waals surface area (Å²) in [7, 11) is 0. The molecule has 2 heteroatoms. The summed E-state index contributed by atoms with van der Waals surface area (Å²) in [5.74, 6) is 3.65. The zero-order valence-electron chi connectivity index (χ0n) is 8.48. The second-order valence-corrected chi connectivity index (χ2v) is 3.98. The molecule has 1 atom stereocenters. The summed E-state index contributed by atoms with van der Waals surface area (Å²) in [4.78, 5) is 2.31. The fraction of sp³-hybridized carbons (Fsp3) is 0.667. The summed E-state index contributed by atoms with van der Waals surface area (Å²) >= 11 is 0. The largest absolute Gasteiger partial charge is 0.379 e. The molecule has 1 heterocycles. The van der Waals surface area contributed by atoms with Gasteiger partial charge in [0.15, 0.2) is 0 Å². The third-order valence-corrected chi connectivity index (χ3v) is 2.80. The number of hydrogen-bond donors (Lipinski definition) is 0. The highest BCUT2D eigenvalue weighted by Crippen LogP contribution is 2.30. The number of allylic oxidation sites excluding steroid dienone is 1. The van der Waals surface area contributed by atoms with Crippen LogP contribution in [0.5, 0.6) is 0 Å². The van der Waals surface area contributed by atoms with Crippen LogP contribution < -0.4 is 0 Å². The van der Waals surface area contributed by atoms with Gasteiger partial charge in [-0.05, 0) is 18.8 Å². The first-order valence-corrected chi connectivity index (χ1v) is 5.36. The maximum atomic E-state index is 5.53. The van der Waals surface area contributed by atoms with Crippen LogP contribution >= 0.6 is 0 Å². The third-order valence-electron chi connectivity index (χ3n) is 2.80. The minimum Gasteiger partial charge on any atom is -0.379 e. The van der Waals surface area contributed by atoms with Crippen LogP contribution in [0.2, 0.25) is 0 Å². The molecular formula is C12H17NO. The molecule has 1 saturated heterocycles. The second-order valence-electron chi connectivity index (χ2n) is 3.98. The highest BCUT2D eigenvalue weighted by molar-refractivity contribution is 5.14. The van der Waals surface area contributed by atoms with Crippen molar-refractivity contribution in [3.63, 3.8) is 0 Å². The van der Waals surface area contributed by atoms with Crippen LogP contribution in [0.15, 0.2) is 12.2 Å². The molecular weight excluding hydrogens is 174 g/mol. The topological polar surface area (TPSA) is 12.5 Å². The van der Waals surface area contributed by atoms with Crippen LogP contribution in [0.3, 0.4) is 0 Å². The first kappa shape index (κ1) is 9.76. The van der Waals surface area contributed by atoms with Gasteiger partial charge in [0.2, 0.25) is 0 Å². The van der Waals surface area contributed by atoms with Gasteiger partial charge >= 0.3 is 0 Å². The summed E-state index contributed by atoms with van der Waals surface area (Å²) < 4.78 is 5.30. The molecule has 1 aliphatic heterocycles. The second kappa shape index (κ2) is 4.63. The van der Waals surface area contributed by atoms with Gasteiger partial charge in [0.25, 0.3) is 0 Å². The van der Waals surface area contributed by atoms with E-state index in [1.54, 1.807) is 0 Å². The highest BCUT2D eigenvalue weighted by atomic mass is 16.5. The molecule has 2 rings (SSSR count). The molecule has 0 aromatic heterocycles. The average molecular weight is 191 g/mol. The Morgan fingerprint density at radius 3 is 2.64 bits per heavy atom. The molecule has 0 radical (unpaired) electrons. The lowest BCUT2D eigenvalue weighted by Crippen LogP contribution is -2.42. The minimum absolute atomic E-state index is 0.180. The van der Waals surface area contributed by atoms with E-state index < -0.39 is 0 Å². The van der Waals surface area contributed by atoms with E-state index in [-0.39, 0.29) is 6.04 Å². The van der Waals surface area contributed by atoms with Gasteiger partial charge in [-0.3, -0.25) is 4.90 Å². The molecule has 0 aromatic rings. The van der Waals surface area contributed by atoms with Crippen LogP contribution in [0.25, 0.3) is 0 Å². The standard InChI is InChI=1S/C12H17NO/c1-2-12(6-5-11-3-4-11)13-7-9-14-10-8-13/h1,5-6,11-12H,3-4,7-10H2/b6-5+. The zero-order chi connectivity index (χ0) is 9.80. The number of terminal acetylenes is 1. The Morgan fingerprint density at radius 2 is 2.07 bits per heavy atom. The maximum absolute atomic E-state index is 5.53. The van der Waals surface area contributed by atoms with E-state index in [1.165, 1.54) is 12.8 Å². The number of rotatable bonds is 3. The summed E-state index contributed by atoms with van der Waals surface area (Å²) in [5.41, 5.74) is 0. The Balaban J connectivity index is 1.87. The summed E-state index contributed by atoms with van der Waals surface area (Å²) in [6, 6.07) is 0.180. The predicted octanol–water partition coefficient (Wildman–Crippen LogP) is 1.29. The van der Waals surface area contributed by atoms with Crippen molar-refractivity contribution in [3.05, 3.63) is 12.2 Å². The number of morpholine rings is 1. The van der Waals surface area contributed by atoms with Crippen molar-refractivity contribution in [3.8, 4) is 12.3 Å². The van der Waals surface area contributed by atoms with Crippen LogP contribution in [0.1, 0.15) is 12.8 Å². The number of nitrogens with zero attached hydrogens (tertiary/aromatic N) is 1. The van der Waals surface area contributed by atoms with Gasteiger partial charge in [0.05, 0.1) is 19.3 Å². The predicted molar refractivity (Wildman–Crippen MR) is 56.9 cm³/mol. The minimum atomic E-state index is 0.180. The molecule has 2 aliphatic rings. The Morgan fingerprint density at radius 1 is 1.36 bits per heavy atom. The number of ether oxygens (including phenoxy) is 1. The fourth-order valence-electron chi connectivity index (χ4n) is 1.69. The maximum Gasteiger partial charge on any atom is 0.0899 e. The lowest BCUT2D eigenvalue weighted by molar-refractivity contribution is 0.0343. The molecule has 0 aromatic carbocycles. The summed E-state index contributed by atoms with van der Waals surface area (Å²) in [6.45, 7) is 3.55. The fourth-order valence-corrected chi connectivity index (χ4v) is 1.69. The zero-order valence-corrected chi connectivity index (χ0v) is 8.48. The number of hydrogen-bond acceptors (Lipinski definition) is 2. The third kappa shape index (κ3) is 2.60. The van der Waals surface area contributed by atoms with E-state index in [0.717, 1.165) is 32.2 Å². The van der Waals surface area contributed by atoms with E-state index in [0.29, 0.717) is 0 Å². The smallest absolute Gasteiger partial charge is 0.0899 e. The molecule has 0 spiro atoms. The van der Waals surface area contributed by atoms with E-state index in [2.05, 4.69) is 23.0 Å². The molecule has 1 saturated carbocycles. The van der Waals surface area contributed by atoms with Gasteiger partial charge in [-0.1, -0.05) is 18.1 Å². The molecule has 1 unspecified atom stereocenters. The molecule has 0 amide bonds. The van der Waals surface area contributed by atoms with Crippen molar-refractivity contribution >= 4 is 0 Å². The van der Waals surface area contributed by atoms with Crippen LogP contribution in [-0.2, 0) is 4.74 Å². The lowest BCUT2D eigenvalue weighted by Gasteiger charge is -2.29. The van der Waals surface area contributed by atoms with Crippen LogP contribution in [-0.4, -0.2) is 37.2 Å². The Labute approximate surface area is 85.9 Å². The SMILES string of the molecule is C#CC(/C=C/C1CC1)N1CCOCC1. The van der Waals surface area contributed by atoms with E-state index in [9.17, 15) is 0 Å². The van der Waals surface area contributed by atoms with Crippen LogP contribution in [0, 0.1) is 18.3 Å². The van der Waals surface area contributed by atoms with E-state index in [1.807, 2.05) is 0 Å². The van der Waals surface area contributed by atoms with Gasteiger partial charge < -0.3 is 4.74 Å². The van der Waals surface area contributed by atoms with Crippen molar-refractivity contribution in [2.24, 2.45) is 5.92 Å². The normalized spacial score (nSPS) is 26.2. The first-order chi connectivity index (χ1) is 6.90. The lowest BCUT2D eigenvalue weighted by atomic mass is 10.2. The summed E-state index contributed by atoms with van der Waals surface area (Å²) in [6.07, 6.45) is 12.7. The van der Waals surface area contributed by atoms with Crippen molar-refractivity contribution < 1.29 is 4.74 Å². The van der Waals surface area contributed by atoms with Crippen molar-refractivity contribution in [1.29, 1.82) is 0 Å².